The first-order chi connectivity index (χ1) is 9.28. The van der Waals surface area contributed by atoms with Gasteiger partial charge >= 0.3 is 6.09 Å². The highest BCUT2D eigenvalue weighted by molar-refractivity contribution is 9.10. The van der Waals surface area contributed by atoms with Crippen molar-refractivity contribution in [2.24, 2.45) is 0 Å². The zero-order chi connectivity index (χ0) is 14.9. The quantitative estimate of drug-likeness (QED) is 0.733. The molecule has 1 aromatic rings. The Morgan fingerprint density at radius 1 is 1.40 bits per heavy atom. The number of amides is 1. The van der Waals surface area contributed by atoms with Gasteiger partial charge in [-0.2, -0.15) is 0 Å². The molecule has 0 bridgehead atoms. The number of carbonyl (C=O) groups is 1. The molecule has 2 rings (SSSR count). The van der Waals surface area contributed by atoms with E-state index in [0.717, 1.165) is 23.9 Å². The molecule has 1 atom stereocenters. The summed E-state index contributed by atoms with van der Waals surface area (Å²) in [5, 5.41) is 0. The predicted molar refractivity (Wildman–Crippen MR) is 83.8 cm³/mol. The van der Waals surface area contributed by atoms with E-state index < -0.39 is 5.60 Å². The van der Waals surface area contributed by atoms with Crippen LogP contribution in [0.1, 0.15) is 50.8 Å². The smallest absolute Gasteiger partial charge is 0.410 e. The molecule has 1 saturated heterocycles. The van der Waals surface area contributed by atoms with E-state index in [0.29, 0.717) is 0 Å². The number of ether oxygens (including phenoxy) is 1. The Kier molecular flexibility index (Phi) is 4.43. The van der Waals surface area contributed by atoms with E-state index in [1.807, 2.05) is 31.7 Å². The van der Waals surface area contributed by atoms with Gasteiger partial charge in [0.25, 0.3) is 0 Å². The first-order valence-electron chi connectivity index (χ1n) is 7.03. The summed E-state index contributed by atoms with van der Waals surface area (Å²) in [5.41, 5.74) is 1.98. The standard InChI is InChI=1S/C16H22BrNO2/c1-11-10-12(17)7-8-13(11)14-6-5-9-18(14)15(19)20-16(2,3)4/h7-8,10,14H,5-6,9H2,1-4H3/t14-/m0/s1. The largest absolute Gasteiger partial charge is 0.444 e. The van der Waals surface area contributed by atoms with Crippen molar-refractivity contribution in [1.82, 2.24) is 4.90 Å². The van der Waals surface area contributed by atoms with Crippen LogP contribution in [-0.2, 0) is 4.74 Å². The maximum absolute atomic E-state index is 12.3. The van der Waals surface area contributed by atoms with E-state index in [-0.39, 0.29) is 12.1 Å². The lowest BCUT2D eigenvalue weighted by Gasteiger charge is -2.29. The lowest BCUT2D eigenvalue weighted by Crippen LogP contribution is -2.36. The lowest BCUT2D eigenvalue weighted by atomic mass is 9.99. The minimum atomic E-state index is -0.445. The SMILES string of the molecule is Cc1cc(Br)ccc1[C@@H]1CCCN1C(=O)OC(C)(C)C. The average molecular weight is 340 g/mol. The number of likely N-dealkylation sites (tertiary alicyclic amines) is 1. The summed E-state index contributed by atoms with van der Waals surface area (Å²) in [6.07, 6.45) is 1.82. The average Bonchev–Trinajstić information content (AvgIpc) is 2.75. The Labute approximate surface area is 129 Å². The molecular weight excluding hydrogens is 318 g/mol. The fourth-order valence-electron chi connectivity index (χ4n) is 2.64. The third-order valence-corrected chi connectivity index (χ3v) is 3.96. The zero-order valence-corrected chi connectivity index (χ0v) is 14.2. The fourth-order valence-corrected chi connectivity index (χ4v) is 3.12. The van der Waals surface area contributed by atoms with Gasteiger partial charge in [-0.1, -0.05) is 22.0 Å². The van der Waals surface area contributed by atoms with Crippen molar-refractivity contribution < 1.29 is 9.53 Å². The molecule has 0 spiro atoms. The zero-order valence-electron chi connectivity index (χ0n) is 12.6. The van der Waals surface area contributed by atoms with E-state index in [1.54, 1.807) is 0 Å². The highest BCUT2D eigenvalue weighted by Gasteiger charge is 2.33. The van der Waals surface area contributed by atoms with Gasteiger partial charge in [-0.3, -0.25) is 0 Å². The fraction of sp³-hybridized carbons (Fsp3) is 0.562. The van der Waals surface area contributed by atoms with Crippen molar-refractivity contribution >= 4 is 22.0 Å². The number of rotatable bonds is 1. The lowest BCUT2D eigenvalue weighted by molar-refractivity contribution is 0.0224. The second kappa shape index (κ2) is 5.76. The molecule has 4 heteroatoms. The highest BCUT2D eigenvalue weighted by atomic mass is 79.9. The van der Waals surface area contributed by atoms with Crippen molar-refractivity contribution in [2.45, 2.75) is 52.2 Å². The van der Waals surface area contributed by atoms with Gasteiger partial charge in [-0.05, 0) is 63.8 Å². The molecule has 110 valence electrons. The van der Waals surface area contributed by atoms with Gasteiger partial charge in [0.1, 0.15) is 5.60 Å². The van der Waals surface area contributed by atoms with Crippen LogP contribution < -0.4 is 0 Å². The molecule has 1 aromatic carbocycles. The third-order valence-electron chi connectivity index (χ3n) is 3.47. The summed E-state index contributed by atoms with van der Waals surface area (Å²) < 4.78 is 6.58. The number of aryl methyl sites for hydroxylation is 1. The molecule has 1 aliphatic heterocycles. The van der Waals surface area contributed by atoms with Crippen LogP contribution in [0.4, 0.5) is 4.79 Å². The van der Waals surface area contributed by atoms with E-state index >= 15 is 0 Å². The van der Waals surface area contributed by atoms with Crippen LogP contribution in [0, 0.1) is 6.92 Å². The van der Waals surface area contributed by atoms with Crippen molar-refractivity contribution in [3.63, 3.8) is 0 Å². The molecular formula is C16H22BrNO2. The number of hydrogen-bond acceptors (Lipinski definition) is 2. The minimum Gasteiger partial charge on any atom is -0.444 e. The molecule has 3 nitrogen and oxygen atoms in total. The van der Waals surface area contributed by atoms with Crippen molar-refractivity contribution in [2.75, 3.05) is 6.54 Å². The van der Waals surface area contributed by atoms with E-state index in [1.165, 1.54) is 11.1 Å². The van der Waals surface area contributed by atoms with E-state index in [2.05, 4.69) is 35.0 Å². The van der Waals surface area contributed by atoms with Crippen LogP contribution in [-0.4, -0.2) is 23.1 Å². The summed E-state index contributed by atoms with van der Waals surface area (Å²) in [4.78, 5) is 14.2. The van der Waals surface area contributed by atoms with Crippen molar-refractivity contribution in [1.29, 1.82) is 0 Å². The molecule has 0 saturated carbocycles. The first kappa shape index (κ1) is 15.4. The Morgan fingerprint density at radius 3 is 2.70 bits per heavy atom. The number of benzene rings is 1. The molecule has 1 heterocycles. The topological polar surface area (TPSA) is 29.5 Å². The molecule has 0 radical (unpaired) electrons. The molecule has 20 heavy (non-hydrogen) atoms. The van der Waals surface area contributed by atoms with Crippen molar-refractivity contribution in [3.8, 4) is 0 Å². The molecule has 1 fully saturated rings. The van der Waals surface area contributed by atoms with Gasteiger partial charge in [0, 0.05) is 11.0 Å². The second-order valence-electron chi connectivity index (χ2n) is 6.33. The van der Waals surface area contributed by atoms with Crippen LogP contribution >= 0.6 is 15.9 Å². The molecule has 1 amide bonds. The Morgan fingerprint density at radius 2 is 2.10 bits per heavy atom. The Balaban J connectivity index is 2.21. The Hall–Kier alpha value is -1.03. The molecule has 0 N–H and O–H groups in total. The van der Waals surface area contributed by atoms with Crippen LogP contribution in [0.15, 0.2) is 22.7 Å². The number of halogens is 1. The van der Waals surface area contributed by atoms with Gasteiger partial charge in [0.15, 0.2) is 0 Å². The maximum Gasteiger partial charge on any atom is 0.410 e. The number of hydrogen-bond donors (Lipinski definition) is 0. The minimum absolute atomic E-state index is 0.137. The van der Waals surface area contributed by atoms with E-state index in [4.69, 9.17) is 4.74 Å². The summed E-state index contributed by atoms with van der Waals surface area (Å²) in [7, 11) is 0. The van der Waals surface area contributed by atoms with Gasteiger partial charge in [0.2, 0.25) is 0 Å². The summed E-state index contributed by atoms with van der Waals surface area (Å²) in [6, 6.07) is 6.37. The summed E-state index contributed by atoms with van der Waals surface area (Å²) in [5.74, 6) is 0. The second-order valence-corrected chi connectivity index (χ2v) is 7.25. The summed E-state index contributed by atoms with van der Waals surface area (Å²) >= 11 is 3.48. The third kappa shape index (κ3) is 3.54. The molecule has 0 aliphatic carbocycles. The van der Waals surface area contributed by atoms with Gasteiger partial charge in [0.05, 0.1) is 6.04 Å². The van der Waals surface area contributed by atoms with Crippen LogP contribution in [0.25, 0.3) is 0 Å². The molecule has 0 unspecified atom stereocenters. The highest BCUT2D eigenvalue weighted by Crippen LogP contribution is 2.35. The first-order valence-corrected chi connectivity index (χ1v) is 7.83. The predicted octanol–water partition coefficient (Wildman–Crippen LogP) is 4.83. The molecule has 0 aromatic heterocycles. The number of carbonyl (C=O) groups excluding carboxylic acids is 1. The molecule has 1 aliphatic rings. The van der Waals surface area contributed by atoms with Crippen LogP contribution in [0.2, 0.25) is 0 Å². The van der Waals surface area contributed by atoms with Gasteiger partial charge < -0.3 is 9.64 Å². The van der Waals surface area contributed by atoms with Crippen molar-refractivity contribution in [3.05, 3.63) is 33.8 Å². The van der Waals surface area contributed by atoms with Gasteiger partial charge in [-0.15, -0.1) is 0 Å². The Bertz CT molecular complexity index is 508. The van der Waals surface area contributed by atoms with E-state index in [9.17, 15) is 4.79 Å². The van der Waals surface area contributed by atoms with Gasteiger partial charge in [-0.25, -0.2) is 4.79 Å². The summed E-state index contributed by atoms with van der Waals surface area (Å²) in [6.45, 7) is 8.57. The maximum atomic E-state index is 12.3. The number of nitrogens with zero attached hydrogens (tertiary/aromatic N) is 1. The normalized spacial score (nSPS) is 19.2. The van der Waals surface area contributed by atoms with Crippen LogP contribution in [0.3, 0.4) is 0 Å². The monoisotopic (exact) mass is 339 g/mol. The van der Waals surface area contributed by atoms with Crippen LogP contribution in [0.5, 0.6) is 0 Å².